The number of unbranched alkanes of at least 4 members (excludes halogenated alkanes) is 9. The molecule has 0 aliphatic heterocycles. The van der Waals surface area contributed by atoms with E-state index in [1.165, 1.54) is 117 Å². The zero-order valence-electron chi connectivity index (χ0n) is 21.6. The van der Waals surface area contributed by atoms with Crippen molar-refractivity contribution in [1.29, 1.82) is 0 Å². The molecule has 1 nitrogen and oxygen atoms in total. The lowest BCUT2D eigenvalue weighted by molar-refractivity contribution is 0.541. The van der Waals surface area contributed by atoms with Gasteiger partial charge in [0, 0.05) is 53.8 Å². The number of para-hydroxylation sites is 1. The van der Waals surface area contributed by atoms with Crippen molar-refractivity contribution in [2.75, 3.05) is 0 Å². The number of aryl methyl sites for hydroxylation is 1. The number of hydrogen-bond acceptors (Lipinski definition) is 1. The van der Waals surface area contributed by atoms with Crippen LogP contribution in [-0.4, -0.2) is 4.57 Å². The minimum atomic E-state index is 1.10. The monoisotopic (exact) mass is 491 g/mol. The lowest BCUT2D eigenvalue weighted by Gasteiger charge is -2.10. The lowest BCUT2D eigenvalue weighted by Crippen LogP contribution is -1.98. The Morgan fingerprint density at radius 1 is 0.528 bits per heavy atom. The van der Waals surface area contributed by atoms with Crippen molar-refractivity contribution in [3.05, 3.63) is 72.8 Å². The second-order valence-electron chi connectivity index (χ2n) is 10.4. The van der Waals surface area contributed by atoms with Gasteiger partial charge in [-0.05, 0) is 18.6 Å². The Balaban J connectivity index is 1.30. The molecule has 6 rings (SSSR count). The van der Waals surface area contributed by atoms with Crippen LogP contribution in [0.25, 0.3) is 52.8 Å². The Bertz CT molecular complexity index is 1630. The van der Waals surface area contributed by atoms with E-state index in [0.717, 1.165) is 6.54 Å². The summed E-state index contributed by atoms with van der Waals surface area (Å²) < 4.78 is 5.43. The Morgan fingerprint density at radius 2 is 1.08 bits per heavy atom. The van der Waals surface area contributed by atoms with E-state index in [-0.39, 0.29) is 0 Å². The first-order valence-corrected chi connectivity index (χ1v) is 14.9. The topological polar surface area (TPSA) is 4.93 Å². The first-order chi connectivity index (χ1) is 17.9. The number of thiophene rings is 1. The molecule has 0 aliphatic carbocycles. The van der Waals surface area contributed by atoms with E-state index in [1.807, 2.05) is 11.3 Å². The van der Waals surface area contributed by atoms with Crippen molar-refractivity contribution >= 4 is 64.1 Å². The van der Waals surface area contributed by atoms with Crippen molar-refractivity contribution < 1.29 is 0 Å². The molecule has 0 bridgehead atoms. The highest BCUT2D eigenvalue weighted by Crippen LogP contribution is 2.42. The second-order valence-corrected chi connectivity index (χ2v) is 11.5. The van der Waals surface area contributed by atoms with Gasteiger partial charge in [0.25, 0.3) is 0 Å². The van der Waals surface area contributed by atoms with Crippen LogP contribution in [0.15, 0.2) is 72.8 Å². The van der Waals surface area contributed by atoms with Gasteiger partial charge < -0.3 is 4.57 Å². The zero-order valence-corrected chi connectivity index (χ0v) is 22.4. The number of hydrogen-bond donors (Lipinski definition) is 0. The summed E-state index contributed by atoms with van der Waals surface area (Å²) in [6, 6.07) is 27.3. The summed E-state index contributed by atoms with van der Waals surface area (Å²) in [6.07, 6.45) is 13.8. The van der Waals surface area contributed by atoms with E-state index in [4.69, 9.17) is 0 Å². The summed E-state index contributed by atoms with van der Waals surface area (Å²) >= 11 is 1.94. The minimum absolute atomic E-state index is 1.10. The molecular weight excluding hydrogens is 454 g/mol. The van der Waals surface area contributed by atoms with Crippen molar-refractivity contribution in [1.82, 2.24) is 4.57 Å². The van der Waals surface area contributed by atoms with E-state index in [0.29, 0.717) is 0 Å². The predicted octanol–water partition coefficient (Wildman–Crippen LogP) is 11.2. The second kappa shape index (κ2) is 10.6. The molecule has 184 valence electrons. The van der Waals surface area contributed by atoms with Gasteiger partial charge in [-0.15, -0.1) is 11.3 Å². The molecule has 0 aliphatic rings. The number of aromatic nitrogens is 1. The molecule has 0 atom stereocenters. The summed E-state index contributed by atoms with van der Waals surface area (Å²) in [4.78, 5) is 0. The Kier molecular flexibility index (Phi) is 6.96. The number of fused-ring (bicyclic) bond motifs is 9. The van der Waals surface area contributed by atoms with Gasteiger partial charge >= 0.3 is 0 Å². The zero-order chi connectivity index (χ0) is 24.3. The summed E-state index contributed by atoms with van der Waals surface area (Å²) in [7, 11) is 0. The van der Waals surface area contributed by atoms with Crippen LogP contribution < -0.4 is 0 Å². The Labute approximate surface area is 218 Å². The Hall–Kier alpha value is -2.84. The largest absolute Gasteiger partial charge is 0.340 e. The molecular formula is C34H37NS. The fraction of sp³-hybridized carbons (Fsp3) is 0.353. The molecule has 6 aromatic rings. The lowest BCUT2D eigenvalue weighted by atomic mass is 10.0. The average Bonchev–Trinajstić information content (AvgIpc) is 3.46. The van der Waals surface area contributed by atoms with Crippen molar-refractivity contribution in [3.8, 4) is 0 Å². The fourth-order valence-electron chi connectivity index (χ4n) is 6.13. The van der Waals surface area contributed by atoms with E-state index in [1.54, 1.807) is 0 Å². The Morgan fingerprint density at radius 3 is 1.83 bits per heavy atom. The van der Waals surface area contributed by atoms with Gasteiger partial charge in [0.15, 0.2) is 0 Å². The average molecular weight is 492 g/mol. The maximum absolute atomic E-state index is 2.62. The predicted molar refractivity (Wildman–Crippen MR) is 162 cm³/mol. The van der Waals surface area contributed by atoms with Crippen LogP contribution in [-0.2, 0) is 6.54 Å². The molecule has 0 saturated carbocycles. The number of rotatable bonds is 11. The van der Waals surface area contributed by atoms with Crippen LogP contribution in [0.1, 0.15) is 71.1 Å². The van der Waals surface area contributed by atoms with Crippen molar-refractivity contribution in [2.45, 2.75) is 77.7 Å². The van der Waals surface area contributed by atoms with Crippen LogP contribution in [0.2, 0.25) is 0 Å². The molecule has 0 unspecified atom stereocenters. The molecule has 2 heteroatoms. The minimum Gasteiger partial charge on any atom is -0.340 e. The highest BCUT2D eigenvalue weighted by atomic mass is 32.1. The van der Waals surface area contributed by atoms with E-state index >= 15 is 0 Å². The van der Waals surface area contributed by atoms with Crippen molar-refractivity contribution in [2.24, 2.45) is 0 Å². The van der Waals surface area contributed by atoms with E-state index < -0.39 is 0 Å². The maximum atomic E-state index is 2.62. The molecule has 4 aromatic carbocycles. The molecule has 0 spiro atoms. The third kappa shape index (κ3) is 4.30. The first kappa shape index (κ1) is 23.6. The van der Waals surface area contributed by atoms with E-state index in [9.17, 15) is 0 Å². The van der Waals surface area contributed by atoms with Gasteiger partial charge in [0.05, 0.1) is 5.52 Å². The first-order valence-electron chi connectivity index (χ1n) is 14.1. The molecule has 0 amide bonds. The maximum Gasteiger partial charge on any atom is 0.0571 e. The summed E-state index contributed by atoms with van der Waals surface area (Å²) in [6.45, 7) is 3.40. The van der Waals surface area contributed by atoms with Crippen LogP contribution in [0, 0.1) is 0 Å². The fourth-order valence-corrected chi connectivity index (χ4v) is 7.36. The number of benzene rings is 4. The highest BCUT2D eigenvalue weighted by Gasteiger charge is 2.16. The molecule has 0 fully saturated rings. The van der Waals surface area contributed by atoms with Crippen LogP contribution in [0.5, 0.6) is 0 Å². The molecule has 2 aromatic heterocycles. The van der Waals surface area contributed by atoms with Crippen LogP contribution in [0.4, 0.5) is 0 Å². The van der Waals surface area contributed by atoms with Gasteiger partial charge in [-0.3, -0.25) is 0 Å². The SMILES string of the molecule is CCCCCCCCCCCCn1c2ccccc2c2ccc3c(ccc4c5ccccc5sc43)c21. The number of nitrogens with zero attached hydrogens (tertiary/aromatic N) is 1. The van der Waals surface area contributed by atoms with Gasteiger partial charge in [-0.25, -0.2) is 0 Å². The van der Waals surface area contributed by atoms with E-state index in [2.05, 4.69) is 84.3 Å². The third-order valence-corrected chi connectivity index (χ3v) is 9.22. The third-order valence-electron chi connectivity index (χ3n) is 8.00. The summed E-state index contributed by atoms with van der Waals surface area (Å²) in [5.41, 5.74) is 2.80. The van der Waals surface area contributed by atoms with Gasteiger partial charge in [-0.1, -0.05) is 125 Å². The normalized spacial score (nSPS) is 12.1. The van der Waals surface area contributed by atoms with Crippen LogP contribution in [0.3, 0.4) is 0 Å². The molecule has 0 saturated heterocycles. The van der Waals surface area contributed by atoms with Crippen LogP contribution >= 0.6 is 11.3 Å². The highest BCUT2D eigenvalue weighted by molar-refractivity contribution is 7.26. The smallest absolute Gasteiger partial charge is 0.0571 e. The van der Waals surface area contributed by atoms with Gasteiger partial charge in [0.2, 0.25) is 0 Å². The quantitative estimate of drug-likeness (QED) is 0.159. The molecule has 2 heterocycles. The van der Waals surface area contributed by atoms with Crippen molar-refractivity contribution in [3.63, 3.8) is 0 Å². The molecule has 0 N–H and O–H groups in total. The molecule has 0 radical (unpaired) electrons. The van der Waals surface area contributed by atoms with Gasteiger partial charge in [0.1, 0.15) is 0 Å². The van der Waals surface area contributed by atoms with Gasteiger partial charge in [-0.2, -0.15) is 0 Å². The summed E-state index contributed by atoms with van der Waals surface area (Å²) in [5.74, 6) is 0. The molecule has 36 heavy (non-hydrogen) atoms. The summed E-state index contributed by atoms with van der Waals surface area (Å²) in [5, 5.41) is 8.34. The standard InChI is InChI=1S/C34H37NS/c1-2-3-4-5-6-7-8-9-10-15-24-35-31-18-13-11-16-25(31)27-20-23-30-28(33(27)35)21-22-29-26-17-12-14-19-32(26)36-34(29)30/h11-14,16-23H,2-10,15,24H2,1H3.